The minimum atomic E-state index is -0.455. The van der Waals surface area contributed by atoms with Crippen molar-refractivity contribution in [3.63, 3.8) is 0 Å². The van der Waals surface area contributed by atoms with Crippen molar-refractivity contribution in [1.82, 2.24) is 0 Å². The average Bonchev–Trinajstić information content (AvgIpc) is 3.57. The van der Waals surface area contributed by atoms with Gasteiger partial charge in [0.05, 0.1) is 0 Å². The molecule has 34 heavy (non-hydrogen) atoms. The van der Waals surface area contributed by atoms with Crippen LogP contribution in [-0.4, -0.2) is 5.43 Å². The Morgan fingerprint density at radius 3 is 1.24 bits per heavy atom. The van der Waals surface area contributed by atoms with E-state index in [0.717, 1.165) is 0 Å². The van der Waals surface area contributed by atoms with Crippen LogP contribution >= 0.6 is 0 Å². The molecule has 6 rings (SSSR count). The van der Waals surface area contributed by atoms with Crippen LogP contribution in [0.5, 0.6) is 0 Å². The molecule has 0 bridgehead atoms. The van der Waals surface area contributed by atoms with Gasteiger partial charge in [0, 0.05) is 0 Å². The molecule has 0 nitrogen and oxygen atoms in total. The minimum Gasteiger partial charge on any atom is -0.214 e. The molecule has 0 amide bonds. The molecule has 0 saturated carbocycles. The first-order valence-corrected chi connectivity index (χ1v) is 15.9. The van der Waals surface area contributed by atoms with Crippen molar-refractivity contribution in [3.05, 3.63) is 146 Å². The first kappa shape index (κ1) is 28.0. The monoisotopic (exact) mass is 572 g/mol. The van der Waals surface area contributed by atoms with Gasteiger partial charge in [-0.3, -0.25) is 0 Å². The second kappa shape index (κ2) is 14.9. The topological polar surface area (TPSA) is 0 Å². The van der Waals surface area contributed by atoms with E-state index >= 15 is 0 Å². The second-order valence-corrected chi connectivity index (χ2v) is 13.0. The van der Waals surface area contributed by atoms with Gasteiger partial charge < -0.3 is 24.8 Å². The SMILES string of the molecule is [Cl-].[Cl-].[Zr+2]=[Si](c1ccccc1)c1ccccc1.c1cc[cH-]c1.c1ccc2c(c1)[cH-]c1ccccc12. The zero-order valence-corrected chi connectivity index (χ0v) is 23.6. The van der Waals surface area contributed by atoms with E-state index in [1.165, 1.54) is 31.9 Å². The van der Waals surface area contributed by atoms with Gasteiger partial charge in [0.2, 0.25) is 0 Å². The van der Waals surface area contributed by atoms with Crippen LogP contribution in [0.3, 0.4) is 0 Å². The van der Waals surface area contributed by atoms with Gasteiger partial charge >= 0.3 is 99.8 Å². The summed E-state index contributed by atoms with van der Waals surface area (Å²) in [6.07, 6.45) is 0. The van der Waals surface area contributed by atoms with Crippen molar-refractivity contribution in [2.24, 2.45) is 0 Å². The fourth-order valence-corrected chi connectivity index (χ4v) is 7.44. The van der Waals surface area contributed by atoms with Crippen molar-refractivity contribution in [2.45, 2.75) is 0 Å². The Kier molecular flexibility index (Phi) is 12.3. The molecule has 168 valence electrons. The Bertz CT molecular complexity index is 1270. The summed E-state index contributed by atoms with van der Waals surface area (Å²) in [7, 11) is 0. The molecule has 0 spiro atoms. The summed E-state index contributed by atoms with van der Waals surface area (Å²) in [6, 6.07) is 51.0. The van der Waals surface area contributed by atoms with E-state index in [4.69, 9.17) is 0 Å². The first-order valence-electron chi connectivity index (χ1n) is 10.7. The summed E-state index contributed by atoms with van der Waals surface area (Å²) < 4.78 is 0. The number of hydrogen-bond donors (Lipinski definition) is 0. The molecule has 6 aromatic rings. The molecule has 6 aromatic carbocycles. The normalized spacial score (nSPS) is 9.47. The standard InChI is InChI=1S/C13H9.C12H10Si.C5H5.2ClH.Zr/c1-3-7-12-10(5-1)9-11-6-2-4-8-13(11)12;1-3-7-11(8-4-1)13-12-9-5-2-6-10-12;1-2-4-5-3-1;;;/h1-9H;1-10H;1-5H;2*1H;/q-1;;-1;;;+2/p-2. The fourth-order valence-electron chi connectivity index (χ4n) is 3.60. The van der Waals surface area contributed by atoms with E-state index in [2.05, 4.69) is 115 Å². The minimum absolute atomic E-state index is 0. The molecular formula is C30H24Cl2SiZr-2. The average molecular weight is 575 g/mol. The Balaban J connectivity index is 0.000000191. The molecule has 0 N–H and O–H groups in total. The molecule has 0 radical (unpaired) electrons. The molecule has 0 aliphatic carbocycles. The van der Waals surface area contributed by atoms with Crippen LogP contribution in [0.25, 0.3) is 21.5 Å². The number of benzene rings is 4. The number of hydrogen-bond acceptors (Lipinski definition) is 0. The molecule has 4 heteroatoms. The van der Waals surface area contributed by atoms with Gasteiger partial charge in [0.15, 0.2) is 0 Å². The third-order valence-electron chi connectivity index (χ3n) is 5.20. The maximum atomic E-state index is 2.25. The second-order valence-electron chi connectivity index (χ2n) is 7.39. The molecule has 0 aromatic heterocycles. The molecule has 0 atom stereocenters. The van der Waals surface area contributed by atoms with Gasteiger partial charge in [-0.05, 0) is 0 Å². The van der Waals surface area contributed by atoms with Gasteiger partial charge in [0.25, 0.3) is 0 Å². The van der Waals surface area contributed by atoms with Crippen molar-refractivity contribution in [1.29, 1.82) is 0 Å². The predicted octanol–water partition coefficient (Wildman–Crippen LogP) is 0.465. The van der Waals surface area contributed by atoms with Crippen molar-refractivity contribution < 1.29 is 48.1 Å². The van der Waals surface area contributed by atoms with Crippen LogP contribution in [0.4, 0.5) is 0 Å². The molecule has 0 unspecified atom stereocenters. The van der Waals surface area contributed by atoms with Crippen LogP contribution in [0.15, 0.2) is 146 Å². The summed E-state index contributed by atoms with van der Waals surface area (Å²) in [5, 5.41) is 8.42. The zero-order valence-electron chi connectivity index (χ0n) is 18.6. The van der Waals surface area contributed by atoms with Gasteiger partial charge in [-0.2, -0.15) is 18.2 Å². The van der Waals surface area contributed by atoms with Crippen molar-refractivity contribution >= 4 is 37.4 Å². The van der Waals surface area contributed by atoms with Crippen molar-refractivity contribution in [3.8, 4) is 0 Å². The summed E-state index contributed by atoms with van der Waals surface area (Å²) in [5.74, 6) is 0. The third kappa shape index (κ3) is 7.65. The summed E-state index contributed by atoms with van der Waals surface area (Å²) >= 11 is 1.64. The molecule has 0 saturated heterocycles. The summed E-state index contributed by atoms with van der Waals surface area (Å²) in [5.41, 5.74) is -0.455. The van der Waals surface area contributed by atoms with Crippen LogP contribution in [0.2, 0.25) is 0 Å². The van der Waals surface area contributed by atoms with Gasteiger partial charge in [-0.15, -0.1) is 39.7 Å². The van der Waals surface area contributed by atoms with Gasteiger partial charge in [-0.25, -0.2) is 12.1 Å². The van der Waals surface area contributed by atoms with Gasteiger partial charge in [0.1, 0.15) is 0 Å². The van der Waals surface area contributed by atoms with Crippen LogP contribution < -0.4 is 35.2 Å². The Morgan fingerprint density at radius 2 is 0.853 bits per heavy atom. The van der Waals surface area contributed by atoms with E-state index in [1.54, 1.807) is 23.3 Å². The van der Waals surface area contributed by atoms with Crippen LogP contribution in [0.1, 0.15) is 0 Å². The quantitative estimate of drug-likeness (QED) is 0.209. The molecule has 0 fully saturated rings. The Labute approximate surface area is 229 Å². The fraction of sp³-hybridized carbons (Fsp3) is 0. The van der Waals surface area contributed by atoms with Gasteiger partial charge in [-0.1, -0.05) is 36.4 Å². The molecular weight excluding hydrogens is 551 g/mol. The zero-order chi connectivity index (χ0) is 22.0. The maximum Gasteiger partial charge on any atom is -0.0771 e. The van der Waals surface area contributed by atoms with E-state index in [0.29, 0.717) is 0 Å². The number of fused-ring (bicyclic) bond motifs is 3. The van der Waals surface area contributed by atoms with Crippen LogP contribution in [0, 0.1) is 0 Å². The molecule has 0 aliphatic rings. The first-order chi connectivity index (χ1) is 15.8. The summed E-state index contributed by atoms with van der Waals surface area (Å²) in [4.78, 5) is 0. The molecule has 0 aliphatic heterocycles. The maximum absolute atomic E-state index is 2.25. The molecule has 0 heterocycles. The van der Waals surface area contributed by atoms with Crippen molar-refractivity contribution in [2.75, 3.05) is 0 Å². The van der Waals surface area contributed by atoms with Crippen LogP contribution in [-0.2, 0) is 23.3 Å². The van der Waals surface area contributed by atoms with E-state index in [1.807, 2.05) is 30.3 Å². The largest absolute Gasteiger partial charge is 0.214 e. The van der Waals surface area contributed by atoms with E-state index in [-0.39, 0.29) is 24.8 Å². The summed E-state index contributed by atoms with van der Waals surface area (Å²) in [6.45, 7) is 0. The third-order valence-corrected chi connectivity index (χ3v) is 11.3. The predicted molar refractivity (Wildman–Crippen MR) is 137 cm³/mol. The Hall–Kier alpha value is -2.22. The smallest absolute Gasteiger partial charge is 0.0771 e. The van der Waals surface area contributed by atoms with E-state index < -0.39 is 5.43 Å². The number of rotatable bonds is 2. The van der Waals surface area contributed by atoms with E-state index in [9.17, 15) is 0 Å². The Morgan fingerprint density at radius 1 is 0.471 bits per heavy atom. The number of halogens is 2.